The molecule has 0 unspecified atom stereocenters. The Kier molecular flexibility index (Phi) is 6.21. The second-order valence-electron chi connectivity index (χ2n) is 8.03. The zero-order valence-corrected chi connectivity index (χ0v) is 18.1. The van der Waals surface area contributed by atoms with E-state index in [9.17, 15) is 9.59 Å². The molecule has 1 aromatic heterocycles. The summed E-state index contributed by atoms with van der Waals surface area (Å²) in [4.78, 5) is 34.4. The van der Waals surface area contributed by atoms with Gasteiger partial charge in [0.2, 0.25) is 0 Å². The molecule has 1 atom stereocenters. The highest BCUT2D eigenvalue weighted by atomic mass is 16.2. The van der Waals surface area contributed by atoms with Gasteiger partial charge in [0, 0.05) is 32.2 Å². The molecule has 3 aromatic rings. The summed E-state index contributed by atoms with van der Waals surface area (Å²) >= 11 is 0. The molecule has 1 saturated heterocycles. The van der Waals surface area contributed by atoms with Crippen LogP contribution in [0.5, 0.6) is 0 Å². The van der Waals surface area contributed by atoms with Crippen LogP contribution in [0.3, 0.4) is 0 Å². The molecule has 7 heteroatoms. The van der Waals surface area contributed by atoms with Gasteiger partial charge in [-0.3, -0.25) is 9.36 Å². The number of hydrogen-bond acceptors (Lipinski definition) is 4. The summed E-state index contributed by atoms with van der Waals surface area (Å²) in [5.74, 6) is 0.455. The number of fused-ring (bicyclic) bond motifs is 1. The average molecular weight is 420 g/mol. The van der Waals surface area contributed by atoms with Crippen molar-refractivity contribution >= 4 is 22.9 Å². The molecule has 1 N–H and O–H groups in total. The average Bonchev–Trinajstić information content (AvgIpc) is 2.81. The lowest BCUT2D eigenvalue weighted by molar-refractivity contribution is 0.190. The van der Waals surface area contributed by atoms with Crippen molar-refractivity contribution in [2.45, 2.75) is 32.9 Å². The van der Waals surface area contributed by atoms with Gasteiger partial charge >= 0.3 is 6.03 Å². The number of hydrogen-bond donors (Lipinski definition) is 1. The summed E-state index contributed by atoms with van der Waals surface area (Å²) in [6, 6.07) is 17.8. The Morgan fingerprint density at radius 2 is 1.71 bits per heavy atom. The first-order valence-electron chi connectivity index (χ1n) is 10.9. The van der Waals surface area contributed by atoms with Crippen molar-refractivity contribution in [2.75, 3.05) is 31.1 Å². The third-order valence-electron chi connectivity index (χ3n) is 5.87. The number of rotatable bonds is 5. The van der Waals surface area contributed by atoms with E-state index in [2.05, 4.69) is 12.2 Å². The molecule has 162 valence electrons. The minimum absolute atomic E-state index is 0.0399. The molecule has 0 spiro atoms. The Balaban J connectivity index is 1.60. The quantitative estimate of drug-likeness (QED) is 0.690. The molecule has 4 rings (SSSR count). The van der Waals surface area contributed by atoms with Crippen molar-refractivity contribution in [3.05, 3.63) is 70.5 Å². The van der Waals surface area contributed by atoms with Crippen LogP contribution in [-0.4, -0.2) is 52.7 Å². The Morgan fingerprint density at radius 3 is 2.42 bits per heavy atom. The monoisotopic (exact) mass is 419 g/mol. The van der Waals surface area contributed by atoms with Crippen LogP contribution in [0.15, 0.2) is 59.4 Å². The molecule has 0 bridgehead atoms. The first-order valence-corrected chi connectivity index (χ1v) is 10.9. The van der Waals surface area contributed by atoms with Gasteiger partial charge in [0.05, 0.1) is 17.6 Å². The van der Waals surface area contributed by atoms with E-state index >= 15 is 0 Å². The van der Waals surface area contributed by atoms with E-state index in [0.717, 1.165) is 23.0 Å². The van der Waals surface area contributed by atoms with E-state index in [-0.39, 0.29) is 17.6 Å². The minimum atomic E-state index is -0.0972. The fourth-order valence-corrected chi connectivity index (χ4v) is 3.83. The molecule has 31 heavy (non-hydrogen) atoms. The summed E-state index contributed by atoms with van der Waals surface area (Å²) in [6.07, 6.45) is 0.896. The lowest BCUT2D eigenvalue weighted by Gasteiger charge is -2.35. The first-order chi connectivity index (χ1) is 15.1. The Hall–Kier alpha value is -3.35. The smallest absolute Gasteiger partial charge is 0.317 e. The molecule has 2 heterocycles. The number of para-hydroxylation sites is 2. The second-order valence-corrected chi connectivity index (χ2v) is 8.03. The van der Waals surface area contributed by atoms with Gasteiger partial charge in [0.25, 0.3) is 5.56 Å². The van der Waals surface area contributed by atoms with Gasteiger partial charge in [-0.25, -0.2) is 9.78 Å². The number of anilines is 1. The molecule has 1 aliphatic heterocycles. The number of aromatic nitrogens is 2. The Bertz CT molecular complexity index is 1100. The lowest BCUT2D eigenvalue weighted by Crippen LogP contribution is -2.54. The molecule has 1 aliphatic rings. The fourth-order valence-electron chi connectivity index (χ4n) is 3.83. The van der Waals surface area contributed by atoms with E-state index in [1.165, 1.54) is 0 Å². The summed E-state index contributed by atoms with van der Waals surface area (Å²) in [7, 11) is 0. The zero-order chi connectivity index (χ0) is 21.8. The van der Waals surface area contributed by atoms with Gasteiger partial charge < -0.3 is 15.1 Å². The molecule has 0 aliphatic carbocycles. The van der Waals surface area contributed by atoms with Crippen LogP contribution in [0.2, 0.25) is 0 Å². The van der Waals surface area contributed by atoms with Gasteiger partial charge in [-0.1, -0.05) is 49.4 Å². The molecule has 2 aromatic carbocycles. The maximum absolute atomic E-state index is 13.5. The summed E-state index contributed by atoms with van der Waals surface area (Å²) in [5.41, 5.74) is 2.59. The number of urea groups is 1. The van der Waals surface area contributed by atoms with Crippen LogP contribution < -0.4 is 15.8 Å². The molecular formula is C24H29N5O2. The van der Waals surface area contributed by atoms with Crippen molar-refractivity contribution in [3.8, 4) is 0 Å². The normalized spacial score (nSPS) is 15.2. The predicted octanol–water partition coefficient (Wildman–Crippen LogP) is 3.07. The van der Waals surface area contributed by atoms with Gasteiger partial charge in [0.15, 0.2) is 5.82 Å². The highest BCUT2D eigenvalue weighted by Gasteiger charge is 2.25. The van der Waals surface area contributed by atoms with Crippen molar-refractivity contribution in [1.82, 2.24) is 19.8 Å². The predicted molar refractivity (Wildman–Crippen MR) is 124 cm³/mol. The molecule has 1 fully saturated rings. The van der Waals surface area contributed by atoms with Crippen LogP contribution >= 0.6 is 0 Å². The number of carbonyl (C=O) groups is 1. The summed E-state index contributed by atoms with van der Waals surface area (Å²) in [6.45, 7) is 6.84. The fraction of sp³-hybridized carbons (Fsp3) is 0.375. The topological polar surface area (TPSA) is 70.5 Å². The number of piperazine rings is 1. The van der Waals surface area contributed by atoms with E-state index in [1.807, 2.05) is 71.3 Å². The number of amides is 2. The van der Waals surface area contributed by atoms with Crippen LogP contribution in [0.1, 0.15) is 25.8 Å². The maximum Gasteiger partial charge on any atom is 0.317 e. The summed E-state index contributed by atoms with van der Waals surface area (Å²) in [5, 5.41) is 3.01. The van der Waals surface area contributed by atoms with Gasteiger partial charge in [0.1, 0.15) is 0 Å². The number of nitrogens with one attached hydrogen (secondary N) is 1. The van der Waals surface area contributed by atoms with Crippen LogP contribution in [-0.2, 0) is 6.54 Å². The second kappa shape index (κ2) is 9.20. The number of nitrogens with zero attached hydrogens (tertiary/aromatic N) is 4. The van der Waals surface area contributed by atoms with Crippen LogP contribution in [0.4, 0.5) is 10.6 Å². The van der Waals surface area contributed by atoms with Crippen LogP contribution in [0, 0.1) is 0 Å². The highest BCUT2D eigenvalue weighted by molar-refractivity contribution is 5.77. The Labute approximate surface area is 182 Å². The maximum atomic E-state index is 13.5. The van der Waals surface area contributed by atoms with E-state index in [4.69, 9.17) is 4.98 Å². The molecular weight excluding hydrogens is 390 g/mol. The van der Waals surface area contributed by atoms with Crippen molar-refractivity contribution in [3.63, 3.8) is 0 Å². The van der Waals surface area contributed by atoms with E-state index in [1.54, 1.807) is 4.57 Å². The first kappa shape index (κ1) is 20.9. The SMILES string of the molecule is CC[C@@H](C)NC(=O)N1CCN(c2nc3ccccc3n(Cc3ccccc3)c2=O)CC1. The molecule has 0 radical (unpaired) electrons. The van der Waals surface area contributed by atoms with Gasteiger partial charge in [-0.05, 0) is 31.0 Å². The van der Waals surface area contributed by atoms with Crippen molar-refractivity contribution in [2.24, 2.45) is 0 Å². The van der Waals surface area contributed by atoms with Gasteiger partial charge in [-0.15, -0.1) is 0 Å². The van der Waals surface area contributed by atoms with Crippen molar-refractivity contribution < 1.29 is 4.79 Å². The number of benzene rings is 2. The lowest BCUT2D eigenvalue weighted by atomic mass is 10.2. The molecule has 2 amide bonds. The zero-order valence-electron chi connectivity index (χ0n) is 18.1. The van der Waals surface area contributed by atoms with Crippen molar-refractivity contribution in [1.29, 1.82) is 0 Å². The Morgan fingerprint density at radius 1 is 1.03 bits per heavy atom. The van der Waals surface area contributed by atoms with Gasteiger partial charge in [-0.2, -0.15) is 0 Å². The third kappa shape index (κ3) is 4.55. The molecule has 0 saturated carbocycles. The largest absolute Gasteiger partial charge is 0.348 e. The number of carbonyl (C=O) groups excluding carboxylic acids is 1. The minimum Gasteiger partial charge on any atom is -0.348 e. The molecule has 7 nitrogen and oxygen atoms in total. The van der Waals surface area contributed by atoms with Crippen LogP contribution in [0.25, 0.3) is 11.0 Å². The summed E-state index contributed by atoms with van der Waals surface area (Å²) < 4.78 is 1.80. The van der Waals surface area contributed by atoms with E-state index in [0.29, 0.717) is 38.5 Å². The highest BCUT2D eigenvalue weighted by Crippen LogP contribution is 2.17. The third-order valence-corrected chi connectivity index (χ3v) is 5.87. The standard InChI is InChI=1S/C24H29N5O2/c1-3-18(2)25-24(31)28-15-13-27(14-16-28)22-23(30)29(17-19-9-5-4-6-10-19)21-12-8-7-11-20(21)26-22/h4-12,18H,3,13-17H2,1-2H3,(H,25,31)/t18-/m1/s1. The van der Waals surface area contributed by atoms with E-state index < -0.39 is 0 Å².